The summed E-state index contributed by atoms with van der Waals surface area (Å²) in [6, 6.07) is 0. The molecule has 0 saturated carbocycles. The quantitative estimate of drug-likeness (QED) is 0.730. The smallest absolute Gasteiger partial charge is 0.409 e. The molecule has 7 heteroatoms. The summed E-state index contributed by atoms with van der Waals surface area (Å²) in [6.07, 6.45) is 5.64. The molecule has 19 heavy (non-hydrogen) atoms. The van der Waals surface area contributed by atoms with Crippen LogP contribution in [0.3, 0.4) is 0 Å². The highest BCUT2D eigenvalue weighted by Crippen LogP contribution is 1.91. The number of nitrogens with zero attached hydrogens (tertiary/aromatic N) is 3. The minimum atomic E-state index is -0.490. The molecule has 1 aromatic heterocycles. The molecule has 1 heterocycles. The number of imidazole rings is 1. The molecule has 1 aromatic rings. The molecule has 7 nitrogen and oxygen atoms in total. The molecule has 106 valence electrons. The number of likely N-dealkylation sites (N-methyl/N-ethyl adjacent to an activating group) is 1. The Bertz CT molecular complexity index is 392. The van der Waals surface area contributed by atoms with Gasteiger partial charge in [-0.2, -0.15) is 0 Å². The van der Waals surface area contributed by atoms with E-state index >= 15 is 0 Å². The second-order valence-corrected chi connectivity index (χ2v) is 4.06. The molecule has 0 fully saturated rings. The lowest BCUT2D eigenvalue weighted by Crippen LogP contribution is -2.39. The number of amides is 2. The van der Waals surface area contributed by atoms with Crippen LogP contribution >= 0.6 is 0 Å². The lowest BCUT2D eigenvalue weighted by atomic mass is 10.4. The Morgan fingerprint density at radius 1 is 1.47 bits per heavy atom. The number of hydrogen-bond donors (Lipinski definition) is 1. The summed E-state index contributed by atoms with van der Waals surface area (Å²) in [5, 5.41) is 2.75. The van der Waals surface area contributed by atoms with Crippen molar-refractivity contribution in [2.24, 2.45) is 0 Å². The van der Waals surface area contributed by atoms with E-state index in [2.05, 4.69) is 10.3 Å². The number of aromatic nitrogens is 2. The van der Waals surface area contributed by atoms with Crippen LogP contribution in [0, 0.1) is 0 Å². The van der Waals surface area contributed by atoms with Gasteiger partial charge in [-0.05, 0) is 13.3 Å². The van der Waals surface area contributed by atoms with E-state index in [-0.39, 0.29) is 12.5 Å². The second kappa shape index (κ2) is 8.12. The van der Waals surface area contributed by atoms with Crippen LogP contribution in [0.15, 0.2) is 18.7 Å². The van der Waals surface area contributed by atoms with Gasteiger partial charge in [-0.3, -0.25) is 4.79 Å². The van der Waals surface area contributed by atoms with E-state index in [1.165, 1.54) is 11.9 Å². The molecule has 0 radical (unpaired) electrons. The van der Waals surface area contributed by atoms with Gasteiger partial charge in [0.1, 0.15) is 6.54 Å². The summed E-state index contributed by atoms with van der Waals surface area (Å²) in [7, 11) is 1.53. The standard InChI is InChI=1S/C12H20N4O3/c1-3-19-12(18)15(2)9-11(17)14-5-4-7-16-8-6-13-10-16/h6,8,10H,3-5,7,9H2,1-2H3,(H,14,17). The molecule has 0 bridgehead atoms. The Kier molecular flexibility index (Phi) is 6.42. The van der Waals surface area contributed by atoms with Crippen LogP contribution < -0.4 is 5.32 Å². The van der Waals surface area contributed by atoms with Gasteiger partial charge in [0.25, 0.3) is 0 Å². The Morgan fingerprint density at radius 3 is 2.89 bits per heavy atom. The Hall–Kier alpha value is -2.05. The molecular formula is C12H20N4O3. The molecule has 0 aliphatic carbocycles. The summed E-state index contributed by atoms with van der Waals surface area (Å²) in [5.41, 5.74) is 0. The van der Waals surface area contributed by atoms with E-state index in [1.807, 2.05) is 10.8 Å². The molecule has 0 aliphatic heterocycles. The van der Waals surface area contributed by atoms with Crippen molar-refractivity contribution >= 4 is 12.0 Å². The third kappa shape index (κ3) is 5.89. The van der Waals surface area contributed by atoms with Gasteiger partial charge in [-0.15, -0.1) is 0 Å². The van der Waals surface area contributed by atoms with Gasteiger partial charge in [-0.1, -0.05) is 0 Å². The lowest BCUT2D eigenvalue weighted by molar-refractivity contribution is -0.121. The molecule has 0 spiro atoms. The summed E-state index contributed by atoms with van der Waals surface area (Å²) >= 11 is 0. The van der Waals surface area contributed by atoms with Crippen LogP contribution in [-0.2, 0) is 16.1 Å². The van der Waals surface area contributed by atoms with Crippen molar-refractivity contribution < 1.29 is 14.3 Å². The van der Waals surface area contributed by atoms with Gasteiger partial charge in [0.2, 0.25) is 5.91 Å². The van der Waals surface area contributed by atoms with E-state index in [0.717, 1.165) is 13.0 Å². The topological polar surface area (TPSA) is 76.5 Å². The normalized spacial score (nSPS) is 10.0. The highest BCUT2D eigenvalue weighted by Gasteiger charge is 2.12. The number of aryl methyl sites for hydroxylation is 1. The van der Waals surface area contributed by atoms with Gasteiger partial charge in [-0.25, -0.2) is 9.78 Å². The van der Waals surface area contributed by atoms with Crippen molar-refractivity contribution in [2.45, 2.75) is 19.9 Å². The Morgan fingerprint density at radius 2 is 2.26 bits per heavy atom. The van der Waals surface area contributed by atoms with Crippen molar-refractivity contribution in [3.63, 3.8) is 0 Å². The highest BCUT2D eigenvalue weighted by atomic mass is 16.6. The predicted octanol–water partition coefficient (Wildman–Crippen LogP) is 0.478. The second-order valence-electron chi connectivity index (χ2n) is 4.06. The fraction of sp³-hybridized carbons (Fsp3) is 0.583. The zero-order chi connectivity index (χ0) is 14.1. The molecular weight excluding hydrogens is 248 g/mol. The van der Waals surface area contributed by atoms with E-state index < -0.39 is 6.09 Å². The van der Waals surface area contributed by atoms with Gasteiger partial charge in [0, 0.05) is 32.5 Å². The zero-order valence-corrected chi connectivity index (χ0v) is 11.3. The van der Waals surface area contributed by atoms with Crippen LogP contribution in [0.1, 0.15) is 13.3 Å². The first-order valence-corrected chi connectivity index (χ1v) is 6.23. The van der Waals surface area contributed by atoms with Crippen molar-refractivity contribution in [2.75, 3.05) is 26.7 Å². The Balaban J connectivity index is 2.12. The summed E-state index contributed by atoms with van der Waals surface area (Å²) < 4.78 is 6.72. The molecule has 0 aromatic carbocycles. The van der Waals surface area contributed by atoms with Crippen LogP contribution in [0.25, 0.3) is 0 Å². The molecule has 2 amide bonds. The summed E-state index contributed by atoms with van der Waals surface area (Å²) in [5.74, 6) is -0.193. The fourth-order valence-electron chi connectivity index (χ4n) is 1.48. The molecule has 0 atom stereocenters. The molecule has 0 unspecified atom stereocenters. The Labute approximate surface area is 112 Å². The van der Waals surface area contributed by atoms with Crippen molar-refractivity contribution in [1.82, 2.24) is 19.8 Å². The average Bonchev–Trinajstić information content (AvgIpc) is 2.88. The van der Waals surface area contributed by atoms with Gasteiger partial charge >= 0.3 is 6.09 Å². The van der Waals surface area contributed by atoms with Crippen LogP contribution in [0.4, 0.5) is 4.79 Å². The van der Waals surface area contributed by atoms with Gasteiger partial charge < -0.3 is 19.5 Å². The van der Waals surface area contributed by atoms with E-state index in [4.69, 9.17) is 4.74 Å². The monoisotopic (exact) mass is 268 g/mol. The van der Waals surface area contributed by atoms with Crippen LogP contribution in [0.2, 0.25) is 0 Å². The first-order valence-electron chi connectivity index (χ1n) is 6.23. The van der Waals surface area contributed by atoms with E-state index in [0.29, 0.717) is 13.2 Å². The molecule has 1 rings (SSSR count). The van der Waals surface area contributed by atoms with Crippen molar-refractivity contribution in [1.29, 1.82) is 0 Å². The number of ether oxygens (including phenoxy) is 1. The van der Waals surface area contributed by atoms with Crippen LogP contribution in [0.5, 0.6) is 0 Å². The molecule has 0 aliphatic rings. The molecule has 1 N–H and O–H groups in total. The maximum atomic E-state index is 11.5. The number of rotatable bonds is 7. The van der Waals surface area contributed by atoms with Crippen molar-refractivity contribution in [3.05, 3.63) is 18.7 Å². The largest absolute Gasteiger partial charge is 0.450 e. The van der Waals surface area contributed by atoms with Gasteiger partial charge in [0.15, 0.2) is 0 Å². The average molecular weight is 268 g/mol. The lowest BCUT2D eigenvalue weighted by Gasteiger charge is -2.15. The highest BCUT2D eigenvalue weighted by molar-refractivity contribution is 5.81. The minimum Gasteiger partial charge on any atom is -0.450 e. The van der Waals surface area contributed by atoms with Crippen LogP contribution in [-0.4, -0.2) is 53.2 Å². The summed E-state index contributed by atoms with van der Waals surface area (Å²) in [4.78, 5) is 28.0. The number of carbonyl (C=O) groups is 2. The first-order chi connectivity index (χ1) is 9.13. The molecule has 0 saturated heterocycles. The predicted molar refractivity (Wildman–Crippen MR) is 69.5 cm³/mol. The number of nitrogens with one attached hydrogen (secondary N) is 1. The zero-order valence-electron chi connectivity index (χ0n) is 11.3. The maximum absolute atomic E-state index is 11.5. The van der Waals surface area contributed by atoms with E-state index in [9.17, 15) is 9.59 Å². The maximum Gasteiger partial charge on any atom is 0.409 e. The first kappa shape index (κ1) is 15.0. The van der Waals surface area contributed by atoms with Gasteiger partial charge in [0.05, 0.1) is 12.9 Å². The fourth-order valence-corrected chi connectivity index (χ4v) is 1.48. The number of carbonyl (C=O) groups excluding carboxylic acids is 2. The third-order valence-corrected chi connectivity index (χ3v) is 2.43. The van der Waals surface area contributed by atoms with E-state index in [1.54, 1.807) is 19.4 Å². The van der Waals surface area contributed by atoms with Crippen molar-refractivity contribution in [3.8, 4) is 0 Å². The third-order valence-electron chi connectivity index (χ3n) is 2.43. The summed E-state index contributed by atoms with van der Waals surface area (Å²) in [6.45, 7) is 3.39. The SMILES string of the molecule is CCOC(=O)N(C)CC(=O)NCCCn1ccnc1. The minimum absolute atomic E-state index is 0.00388. The number of hydrogen-bond acceptors (Lipinski definition) is 4.